The van der Waals surface area contributed by atoms with Crippen LogP contribution in [0.2, 0.25) is 0 Å². The molecule has 1 heterocycles. The van der Waals surface area contributed by atoms with E-state index >= 15 is 0 Å². The molecule has 7 nitrogen and oxygen atoms in total. The fraction of sp³-hybridized carbons (Fsp3) is 0.200. The molecule has 0 bridgehead atoms. The van der Waals surface area contributed by atoms with Crippen molar-refractivity contribution in [2.45, 2.75) is 28.4 Å². The number of para-hydroxylation sites is 1. The Morgan fingerprint density at radius 1 is 0.816 bits per heavy atom. The third-order valence-electron chi connectivity index (χ3n) is 6.55. The van der Waals surface area contributed by atoms with Gasteiger partial charge in [-0.2, -0.15) is 0 Å². The van der Waals surface area contributed by atoms with Crippen LogP contribution in [0.5, 0.6) is 5.75 Å². The number of ether oxygens (including phenoxy) is 1. The summed E-state index contributed by atoms with van der Waals surface area (Å²) in [6.45, 7) is 0.192. The highest BCUT2D eigenvalue weighted by Gasteiger charge is 2.18. The van der Waals surface area contributed by atoms with Crippen LogP contribution in [-0.4, -0.2) is 55.5 Å². The second-order valence-corrected chi connectivity index (χ2v) is 11.2. The molecule has 0 amide bonds. The molecule has 0 radical (unpaired) electrons. The Morgan fingerprint density at radius 3 is 2.26 bits per heavy atom. The lowest BCUT2D eigenvalue weighted by Crippen LogP contribution is -2.41. The van der Waals surface area contributed by atoms with Gasteiger partial charge in [-0.25, -0.2) is 8.42 Å². The van der Waals surface area contributed by atoms with Crippen LogP contribution in [0.3, 0.4) is 0 Å². The number of aliphatic hydroxyl groups is 2. The molecule has 0 aliphatic rings. The highest BCUT2D eigenvalue weighted by molar-refractivity contribution is 7.91. The lowest BCUT2D eigenvalue weighted by atomic mass is 10.1. The number of benzene rings is 4. The first-order chi connectivity index (χ1) is 18.5. The number of sulfone groups is 1. The summed E-state index contributed by atoms with van der Waals surface area (Å²) in [5.74, 6) is 0.697. The van der Waals surface area contributed by atoms with E-state index in [1.54, 1.807) is 54.6 Å². The van der Waals surface area contributed by atoms with Crippen molar-refractivity contribution in [2.75, 3.05) is 19.8 Å². The average molecular weight is 531 g/mol. The molecule has 0 saturated heterocycles. The van der Waals surface area contributed by atoms with E-state index in [9.17, 15) is 18.6 Å². The summed E-state index contributed by atoms with van der Waals surface area (Å²) in [6.07, 6.45) is -0.312. The Hall–Kier alpha value is -3.69. The van der Waals surface area contributed by atoms with Crippen LogP contribution in [-0.2, 0) is 16.3 Å². The summed E-state index contributed by atoms with van der Waals surface area (Å²) in [5, 5.41) is 25.6. The normalized spacial score (nSPS) is 13.5. The molecular weight excluding hydrogens is 500 g/mol. The van der Waals surface area contributed by atoms with Gasteiger partial charge in [0.05, 0.1) is 21.9 Å². The molecule has 38 heavy (non-hydrogen) atoms. The Labute approximate surface area is 221 Å². The van der Waals surface area contributed by atoms with E-state index in [0.29, 0.717) is 12.2 Å². The smallest absolute Gasteiger partial charge is 0.206 e. The van der Waals surface area contributed by atoms with E-state index in [-0.39, 0.29) is 35.6 Å². The van der Waals surface area contributed by atoms with Gasteiger partial charge in [-0.3, -0.25) is 0 Å². The number of rotatable bonds is 11. The molecule has 0 spiro atoms. The topological polar surface area (TPSA) is 112 Å². The summed E-state index contributed by atoms with van der Waals surface area (Å²) >= 11 is 0. The summed E-state index contributed by atoms with van der Waals surface area (Å²) in [4.78, 5) is 3.85. The predicted octanol–water partition coefficient (Wildman–Crippen LogP) is 4.09. The molecule has 0 unspecified atom stereocenters. The summed E-state index contributed by atoms with van der Waals surface area (Å²) in [6, 6.07) is 28.5. The van der Waals surface area contributed by atoms with E-state index < -0.39 is 15.9 Å². The molecule has 4 aromatic carbocycles. The zero-order valence-electron chi connectivity index (χ0n) is 20.7. The molecule has 2 atom stereocenters. The molecule has 5 rings (SSSR count). The molecule has 0 aliphatic carbocycles. The van der Waals surface area contributed by atoms with Crippen molar-refractivity contribution in [1.82, 2.24) is 10.3 Å². The molecule has 5 aromatic rings. The molecule has 8 heteroatoms. The summed E-state index contributed by atoms with van der Waals surface area (Å²) < 4.78 is 31.6. The maximum absolute atomic E-state index is 12.8. The van der Waals surface area contributed by atoms with Crippen LogP contribution >= 0.6 is 0 Å². The van der Waals surface area contributed by atoms with Crippen LogP contribution < -0.4 is 10.1 Å². The number of nitrogens with one attached hydrogen (secondary N) is 2. The number of aromatic amines is 1. The highest BCUT2D eigenvalue weighted by atomic mass is 32.2. The van der Waals surface area contributed by atoms with Crippen LogP contribution in [0.15, 0.2) is 107 Å². The van der Waals surface area contributed by atoms with Crippen molar-refractivity contribution >= 4 is 31.6 Å². The van der Waals surface area contributed by atoms with Gasteiger partial charge in [0, 0.05) is 28.9 Å². The van der Waals surface area contributed by atoms with Gasteiger partial charge in [-0.1, -0.05) is 54.6 Å². The molecule has 0 saturated carbocycles. The zero-order chi connectivity index (χ0) is 26.5. The number of hydrogen-bond donors (Lipinski definition) is 4. The maximum atomic E-state index is 12.8. The van der Waals surface area contributed by atoms with Gasteiger partial charge in [0.1, 0.15) is 18.5 Å². The average Bonchev–Trinajstić information content (AvgIpc) is 3.34. The Balaban J connectivity index is 1.17. The van der Waals surface area contributed by atoms with Gasteiger partial charge in [-0.05, 0) is 54.4 Å². The minimum absolute atomic E-state index is 0.0931. The molecule has 0 fully saturated rings. The van der Waals surface area contributed by atoms with Gasteiger partial charge >= 0.3 is 0 Å². The predicted molar refractivity (Wildman–Crippen MR) is 148 cm³/mol. The van der Waals surface area contributed by atoms with Crippen molar-refractivity contribution in [3.8, 4) is 5.75 Å². The fourth-order valence-electron chi connectivity index (χ4n) is 4.56. The second-order valence-electron chi connectivity index (χ2n) is 9.27. The Kier molecular flexibility index (Phi) is 7.76. The van der Waals surface area contributed by atoms with Crippen LogP contribution in [0.25, 0.3) is 21.8 Å². The number of aromatic nitrogens is 1. The number of fused-ring (bicyclic) bond motifs is 3. The third kappa shape index (κ3) is 5.58. The largest absolute Gasteiger partial charge is 0.490 e. The highest BCUT2D eigenvalue weighted by Crippen LogP contribution is 2.33. The summed E-state index contributed by atoms with van der Waals surface area (Å²) in [5.41, 5.74) is 2.87. The first-order valence-electron chi connectivity index (χ1n) is 12.5. The van der Waals surface area contributed by atoms with Gasteiger partial charge in [-0.15, -0.1) is 0 Å². The van der Waals surface area contributed by atoms with Crippen molar-refractivity contribution in [3.05, 3.63) is 103 Å². The maximum Gasteiger partial charge on any atom is 0.206 e. The second kappa shape index (κ2) is 11.4. The molecule has 196 valence electrons. The fourth-order valence-corrected chi connectivity index (χ4v) is 5.84. The van der Waals surface area contributed by atoms with Crippen molar-refractivity contribution < 1.29 is 23.4 Å². The number of H-pyrrole nitrogens is 1. The van der Waals surface area contributed by atoms with Crippen LogP contribution in [0.1, 0.15) is 5.56 Å². The minimum Gasteiger partial charge on any atom is -0.490 e. The molecular formula is C30H30N2O5S. The SMILES string of the molecule is O=S(=O)(c1ccccc1)c1ccc(C[C@@H](CO)NC[C@H](O)COc2cccc3[nH]c4ccccc4c23)cc1. The van der Waals surface area contributed by atoms with Crippen LogP contribution in [0.4, 0.5) is 0 Å². The number of hydrogen-bond acceptors (Lipinski definition) is 6. The van der Waals surface area contributed by atoms with Gasteiger partial charge in [0.25, 0.3) is 0 Å². The third-order valence-corrected chi connectivity index (χ3v) is 8.34. The molecule has 4 N–H and O–H groups in total. The first-order valence-corrected chi connectivity index (χ1v) is 14.0. The molecule has 1 aromatic heterocycles. The zero-order valence-corrected chi connectivity index (χ0v) is 21.6. The quantitative estimate of drug-likeness (QED) is 0.205. The summed E-state index contributed by atoms with van der Waals surface area (Å²) in [7, 11) is -3.58. The first kappa shape index (κ1) is 25.9. The lowest BCUT2D eigenvalue weighted by Gasteiger charge is -2.20. The van der Waals surface area contributed by atoms with Gasteiger partial charge in [0.2, 0.25) is 9.84 Å². The Morgan fingerprint density at radius 2 is 1.50 bits per heavy atom. The van der Waals surface area contributed by atoms with E-state index in [1.807, 2.05) is 42.5 Å². The monoisotopic (exact) mass is 530 g/mol. The van der Waals surface area contributed by atoms with E-state index in [1.165, 1.54) is 0 Å². The van der Waals surface area contributed by atoms with Gasteiger partial charge < -0.3 is 25.3 Å². The minimum atomic E-state index is -3.58. The van der Waals surface area contributed by atoms with Crippen molar-refractivity contribution in [1.29, 1.82) is 0 Å². The van der Waals surface area contributed by atoms with E-state index in [2.05, 4.69) is 10.3 Å². The number of aliphatic hydroxyl groups excluding tert-OH is 2. The molecule has 0 aliphatic heterocycles. The lowest BCUT2D eigenvalue weighted by molar-refractivity contribution is 0.100. The standard InChI is InChI=1S/C30H30N2O5S/c33-19-22(17-21-13-15-25(16-14-21)38(35,36)24-7-2-1-3-8-24)31-18-23(34)20-37-29-12-6-11-28-30(29)26-9-4-5-10-27(26)32-28/h1-16,22-23,31-34H,17-20H2/t22-,23-/m0/s1. The van der Waals surface area contributed by atoms with Gasteiger partial charge in [0.15, 0.2) is 0 Å². The Bertz CT molecular complexity index is 1620. The van der Waals surface area contributed by atoms with Crippen molar-refractivity contribution in [3.63, 3.8) is 0 Å². The van der Waals surface area contributed by atoms with Crippen molar-refractivity contribution in [2.24, 2.45) is 0 Å². The van der Waals surface area contributed by atoms with Crippen LogP contribution in [0, 0.1) is 0 Å². The van der Waals surface area contributed by atoms with E-state index in [4.69, 9.17) is 4.74 Å². The van der Waals surface area contributed by atoms with E-state index in [0.717, 1.165) is 27.4 Å².